The lowest BCUT2D eigenvalue weighted by Crippen LogP contribution is -2.16. The molecule has 0 radical (unpaired) electrons. The van der Waals surface area contributed by atoms with Crippen molar-refractivity contribution in [3.05, 3.63) is 47.3 Å². The normalized spacial score (nSPS) is 10.8. The monoisotopic (exact) mass is 367 g/mol. The van der Waals surface area contributed by atoms with E-state index in [0.717, 1.165) is 28.8 Å². The molecule has 3 rings (SSSR count). The number of nitrogens with zero attached hydrogens (tertiary/aromatic N) is 3. The maximum absolute atomic E-state index is 13.1. The third-order valence-electron chi connectivity index (χ3n) is 2.94. The molecule has 3 aromatic rings. The number of thiophene rings is 1. The molecule has 24 heavy (non-hydrogen) atoms. The summed E-state index contributed by atoms with van der Waals surface area (Å²) in [5.41, 5.74) is 0.174. The Kier molecular flexibility index (Phi) is 4.76. The predicted octanol–water partition coefficient (Wildman–Crippen LogP) is 2.73. The molecule has 3 N–H and O–H groups in total. The van der Waals surface area contributed by atoms with Gasteiger partial charge in [0.05, 0.1) is 10.6 Å². The molecule has 10 heteroatoms. The van der Waals surface area contributed by atoms with E-state index in [4.69, 9.17) is 5.84 Å². The van der Waals surface area contributed by atoms with Gasteiger partial charge in [-0.1, -0.05) is 17.8 Å². The Morgan fingerprint density at radius 3 is 2.83 bits per heavy atom. The third kappa shape index (κ3) is 3.54. The number of carbonyl (C=O) groups is 1. The summed E-state index contributed by atoms with van der Waals surface area (Å²) in [6.07, 6.45) is 0. The molecule has 0 aliphatic rings. The van der Waals surface area contributed by atoms with E-state index >= 15 is 0 Å². The van der Waals surface area contributed by atoms with E-state index in [0.29, 0.717) is 11.0 Å². The number of nitrogens with one attached hydrogen (secondary N) is 1. The largest absolute Gasteiger partial charge is 0.335 e. The maximum Gasteiger partial charge on any atom is 0.234 e. The number of benzene rings is 1. The lowest BCUT2D eigenvalue weighted by Gasteiger charge is -2.05. The van der Waals surface area contributed by atoms with Gasteiger partial charge in [-0.05, 0) is 23.6 Å². The molecule has 0 aliphatic carbocycles. The molecule has 0 atom stereocenters. The molecule has 1 aromatic carbocycles. The average Bonchev–Trinajstić information content (AvgIpc) is 3.19. The molecule has 2 aromatic heterocycles. The molecule has 0 aliphatic heterocycles. The van der Waals surface area contributed by atoms with Gasteiger partial charge in [0, 0.05) is 11.8 Å². The van der Waals surface area contributed by atoms with Crippen LogP contribution < -0.4 is 11.2 Å². The number of anilines is 1. The van der Waals surface area contributed by atoms with Crippen LogP contribution in [-0.2, 0) is 4.79 Å². The van der Waals surface area contributed by atoms with Crippen molar-refractivity contribution < 1.29 is 13.6 Å². The molecule has 2 heterocycles. The minimum Gasteiger partial charge on any atom is -0.335 e. The van der Waals surface area contributed by atoms with Crippen LogP contribution in [0.5, 0.6) is 0 Å². The van der Waals surface area contributed by atoms with Crippen molar-refractivity contribution in [2.75, 3.05) is 16.9 Å². The van der Waals surface area contributed by atoms with Gasteiger partial charge in [-0.3, -0.25) is 4.79 Å². The first-order valence-electron chi connectivity index (χ1n) is 6.66. The number of amides is 1. The number of nitrogen functional groups attached to an aromatic ring is 1. The number of carbonyl (C=O) groups excluding carboxylic acids is 1. The van der Waals surface area contributed by atoms with Gasteiger partial charge in [-0.15, -0.1) is 21.5 Å². The highest BCUT2D eigenvalue weighted by molar-refractivity contribution is 7.99. The van der Waals surface area contributed by atoms with Crippen LogP contribution in [0.2, 0.25) is 0 Å². The number of nitrogens with two attached hydrogens (primary N) is 1. The maximum atomic E-state index is 13.1. The topological polar surface area (TPSA) is 85.8 Å². The summed E-state index contributed by atoms with van der Waals surface area (Å²) >= 11 is 2.56. The fourth-order valence-corrected chi connectivity index (χ4v) is 3.21. The Morgan fingerprint density at radius 1 is 1.29 bits per heavy atom. The van der Waals surface area contributed by atoms with Crippen molar-refractivity contribution in [2.45, 2.75) is 5.16 Å². The Bertz CT molecular complexity index is 866. The van der Waals surface area contributed by atoms with E-state index in [1.807, 2.05) is 17.5 Å². The van der Waals surface area contributed by atoms with Crippen molar-refractivity contribution >= 4 is 34.7 Å². The zero-order valence-electron chi connectivity index (χ0n) is 12.1. The number of halogens is 2. The van der Waals surface area contributed by atoms with Gasteiger partial charge in [-0.2, -0.15) is 0 Å². The highest BCUT2D eigenvalue weighted by Gasteiger charge is 2.14. The first-order chi connectivity index (χ1) is 11.5. The molecule has 124 valence electrons. The second-order valence-electron chi connectivity index (χ2n) is 4.62. The number of hydrogen-bond acceptors (Lipinski definition) is 6. The number of hydrogen-bond donors (Lipinski definition) is 2. The highest BCUT2D eigenvalue weighted by atomic mass is 32.2. The zero-order chi connectivity index (χ0) is 17.1. The van der Waals surface area contributed by atoms with Crippen LogP contribution in [0.1, 0.15) is 0 Å². The van der Waals surface area contributed by atoms with Crippen molar-refractivity contribution in [3.63, 3.8) is 0 Å². The molecule has 0 bridgehead atoms. The quantitative estimate of drug-likeness (QED) is 0.535. The summed E-state index contributed by atoms with van der Waals surface area (Å²) in [6.45, 7) is 0. The molecule has 6 nitrogen and oxygen atoms in total. The third-order valence-corrected chi connectivity index (χ3v) is 4.75. The first-order valence-corrected chi connectivity index (χ1v) is 8.53. The van der Waals surface area contributed by atoms with Crippen LogP contribution in [0.25, 0.3) is 10.7 Å². The Labute approximate surface area is 143 Å². The smallest absolute Gasteiger partial charge is 0.234 e. The van der Waals surface area contributed by atoms with E-state index < -0.39 is 17.5 Å². The number of aromatic nitrogens is 3. The van der Waals surface area contributed by atoms with E-state index in [-0.39, 0.29) is 11.4 Å². The van der Waals surface area contributed by atoms with E-state index in [9.17, 15) is 13.6 Å². The molecule has 0 saturated carbocycles. The summed E-state index contributed by atoms with van der Waals surface area (Å²) in [5.74, 6) is 4.04. The van der Waals surface area contributed by atoms with Crippen molar-refractivity contribution in [2.24, 2.45) is 0 Å². The van der Waals surface area contributed by atoms with Crippen molar-refractivity contribution in [1.29, 1.82) is 0 Å². The minimum atomic E-state index is -1.03. The van der Waals surface area contributed by atoms with E-state index in [1.54, 1.807) is 0 Å². The fraction of sp³-hybridized carbons (Fsp3) is 0.0714. The molecule has 0 spiro atoms. The molecular formula is C14H11F2N5OS2. The van der Waals surface area contributed by atoms with Gasteiger partial charge in [0.2, 0.25) is 11.1 Å². The summed E-state index contributed by atoms with van der Waals surface area (Å²) in [6, 6.07) is 6.88. The van der Waals surface area contributed by atoms with Gasteiger partial charge in [0.1, 0.15) is 0 Å². The molecular weight excluding hydrogens is 356 g/mol. The van der Waals surface area contributed by atoms with E-state index in [2.05, 4.69) is 15.5 Å². The van der Waals surface area contributed by atoms with Crippen LogP contribution in [-0.4, -0.2) is 26.5 Å². The second kappa shape index (κ2) is 6.97. The Balaban J connectivity index is 1.61. The standard InChI is InChI=1S/C14H11F2N5OS2/c15-9-4-3-8(6-10(9)16)18-12(22)7-24-14-20-19-13(21(14)17)11-2-1-5-23-11/h1-6H,7,17H2,(H,18,22). The highest BCUT2D eigenvalue weighted by Crippen LogP contribution is 2.25. The summed E-state index contributed by atoms with van der Waals surface area (Å²) in [4.78, 5) is 12.7. The molecule has 0 unspecified atom stereocenters. The fourth-order valence-electron chi connectivity index (χ4n) is 1.85. The lowest BCUT2D eigenvalue weighted by atomic mass is 10.3. The van der Waals surface area contributed by atoms with Crippen molar-refractivity contribution in [1.82, 2.24) is 14.9 Å². The number of rotatable bonds is 5. The Hall–Kier alpha value is -2.46. The second-order valence-corrected chi connectivity index (χ2v) is 6.51. The molecule has 1 amide bonds. The van der Waals surface area contributed by atoms with Gasteiger partial charge in [0.15, 0.2) is 17.5 Å². The van der Waals surface area contributed by atoms with Gasteiger partial charge in [0.25, 0.3) is 0 Å². The molecule has 0 saturated heterocycles. The first kappa shape index (κ1) is 16.4. The summed E-state index contributed by atoms with van der Waals surface area (Å²) in [7, 11) is 0. The van der Waals surface area contributed by atoms with Gasteiger partial charge in [-0.25, -0.2) is 13.5 Å². The summed E-state index contributed by atoms with van der Waals surface area (Å²) in [5, 5.41) is 12.7. The minimum absolute atomic E-state index is 0.00122. The van der Waals surface area contributed by atoms with Crippen LogP contribution in [0, 0.1) is 11.6 Å². The Morgan fingerprint density at radius 2 is 2.12 bits per heavy atom. The average molecular weight is 367 g/mol. The van der Waals surface area contributed by atoms with Gasteiger partial charge >= 0.3 is 0 Å². The zero-order valence-corrected chi connectivity index (χ0v) is 13.7. The lowest BCUT2D eigenvalue weighted by molar-refractivity contribution is -0.113. The van der Waals surface area contributed by atoms with Crippen LogP contribution in [0.3, 0.4) is 0 Å². The van der Waals surface area contributed by atoms with Crippen molar-refractivity contribution in [3.8, 4) is 10.7 Å². The van der Waals surface area contributed by atoms with Gasteiger partial charge < -0.3 is 11.2 Å². The van der Waals surface area contributed by atoms with Crippen LogP contribution >= 0.6 is 23.1 Å². The predicted molar refractivity (Wildman–Crippen MR) is 89.2 cm³/mol. The van der Waals surface area contributed by atoms with Crippen LogP contribution in [0.15, 0.2) is 40.9 Å². The number of thioether (sulfide) groups is 1. The van der Waals surface area contributed by atoms with E-state index in [1.165, 1.54) is 22.1 Å². The summed E-state index contributed by atoms with van der Waals surface area (Å²) < 4.78 is 27.3. The van der Waals surface area contributed by atoms with Crippen LogP contribution in [0.4, 0.5) is 14.5 Å². The molecule has 0 fully saturated rings. The SMILES string of the molecule is Nn1c(SCC(=O)Nc2ccc(F)c(F)c2)nnc1-c1cccs1.